The minimum atomic E-state index is -0.0858. The molecule has 1 amide bonds. The van der Waals surface area contributed by atoms with Crippen LogP contribution in [0.3, 0.4) is 0 Å². The standard InChI is InChI=1S/C13H18N2O/c1-9-7-8-11(10-5-3-4-6-10)15-12(9)13(16)14-2/h7-8,10H,3-6H2,1-2H3,(H,14,16). The number of aromatic nitrogens is 1. The van der Waals surface area contributed by atoms with E-state index in [1.165, 1.54) is 25.7 Å². The van der Waals surface area contributed by atoms with Gasteiger partial charge in [-0.25, -0.2) is 4.98 Å². The molecular weight excluding hydrogens is 200 g/mol. The molecule has 0 bridgehead atoms. The summed E-state index contributed by atoms with van der Waals surface area (Å²) in [5.41, 5.74) is 2.61. The van der Waals surface area contributed by atoms with Crippen molar-refractivity contribution in [2.24, 2.45) is 0 Å². The first-order valence-corrected chi connectivity index (χ1v) is 5.92. The minimum Gasteiger partial charge on any atom is -0.354 e. The van der Waals surface area contributed by atoms with E-state index in [1.807, 2.05) is 13.0 Å². The van der Waals surface area contributed by atoms with Crippen molar-refractivity contribution in [1.82, 2.24) is 10.3 Å². The molecule has 1 aliphatic carbocycles. The topological polar surface area (TPSA) is 42.0 Å². The second kappa shape index (κ2) is 4.64. The predicted molar refractivity (Wildman–Crippen MR) is 63.6 cm³/mol. The Labute approximate surface area is 96.3 Å². The maximum atomic E-state index is 11.6. The van der Waals surface area contributed by atoms with Crippen molar-refractivity contribution in [2.75, 3.05) is 7.05 Å². The lowest BCUT2D eigenvalue weighted by atomic mass is 10.0. The molecule has 3 heteroatoms. The molecule has 1 saturated carbocycles. The minimum absolute atomic E-state index is 0.0858. The molecule has 1 N–H and O–H groups in total. The van der Waals surface area contributed by atoms with Gasteiger partial charge in [0.1, 0.15) is 5.69 Å². The molecule has 0 aliphatic heterocycles. The lowest BCUT2D eigenvalue weighted by Crippen LogP contribution is -2.21. The average Bonchev–Trinajstić information content (AvgIpc) is 2.82. The van der Waals surface area contributed by atoms with Gasteiger partial charge in [0.15, 0.2) is 0 Å². The number of carbonyl (C=O) groups excluding carboxylic acids is 1. The maximum Gasteiger partial charge on any atom is 0.269 e. The third kappa shape index (κ3) is 2.08. The highest BCUT2D eigenvalue weighted by Gasteiger charge is 2.20. The van der Waals surface area contributed by atoms with Crippen LogP contribution in [0.4, 0.5) is 0 Å². The van der Waals surface area contributed by atoms with E-state index in [1.54, 1.807) is 7.05 Å². The Morgan fingerprint density at radius 3 is 2.69 bits per heavy atom. The van der Waals surface area contributed by atoms with E-state index in [2.05, 4.69) is 16.4 Å². The summed E-state index contributed by atoms with van der Waals surface area (Å²) in [5.74, 6) is 0.473. The van der Waals surface area contributed by atoms with E-state index >= 15 is 0 Å². The van der Waals surface area contributed by atoms with Crippen molar-refractivity contribution in [3.63, 3.8) is 0 Å². The lowest BCUT2D eigenvalue weighted by Gasteiger charge is -2.11. The second-order valence-electron chi connectivity index (χ2n) is 4.46. The van der Waals surface area contributed by atoms with Crippen molar-refractivity contribution >= 4 is 5.91 Å². The van der Waals surface area contributed by atoms with E-state index in [-0.39, 0.29) is 5.91 Å². The van der Waals surface area contributed by atoms with E-state index < -0.39 is 0 Å². The Bertz CT molecular complexity index is 395. The SMILES string of the molecule is CNC(=O)c1nc(C2CCCC2)ccc1C. The highest BCUT2D eigenvalue weighted by atomic mass is 16.1. The number of pyridine rings is 1. The van der Waals surface area contributed by atoms with Crippen LogP contribution in [0, 0.1) is 6.92 Å². The van der Waals surface area contributed by atoms with Gasteiger partial charge >= 0.3 is 0 Å². The van der Waals surface area contributed by atoms with Gasteiger partial charge in [0.25, 0.3) is 5.91 Å². The smallest absolute Gasteiger partial charge is 0.269 e. The monoisotopic (exact) mass is 218 g/mol. The summed E-state index contributed by atoms with van der Waals surface area (Å²) in [5, 5.41) is 2.64. The number of amides is 1. The molecule has 1 heterocycles. The fraction of sp³-hybridized carbons (Fsp3) is 0.538. The normalized spacial score (nSPS) is 16.4. The summed E-state index contributed by atoms with van der Waals surface area (Å²) < 4.78 is 0. The molecule has 3 nitrogen and oxygen atoms in total. The Balaban J connectivity index is 2.30. The van der Waals surface area contributed by atoms with Crippen LogP contribution in [0.1, 0.15) is 53.3 Å². The summed E-state index contributed by atoms with van der Waals surface area (Å²) in [6.45, 7) is 1.93. The number of carbonyl (C=O) groups is 1. The number of rotatable bonds is 2. The zero-order chi connectivity index (χ0) is 11.5. The van der Waals surface area contributed by atoms with Crippen molar-refractivity contribution in [1.29, 1.82) is 0 Å². The number of aryl methyl sites for hydroxylation is 1. The van der Waals surface area contributed by atoms with Crippen LogP contribution in [0.5, 0.6) is 0 Å². The fourth-order valence-corrected chi connectivity index (χ4v) is 2.34. The van der Waals surface area contributed by atoms with E-state index in [4.69, 9.17) is 0 Å². The molecule has 1 aliphatic rings. The van der Waals surface area contributed by atoms with Gasteiger partial charge in [0.05, 0.1) is 0 Å². The van der Waals surface area contributed by atoms with Crippen LogP contribution in [0.15, 0.2) is 12.1 Å². The molecule has 0 atom stereocenters. The molecule has 86 valence electrons. The molecule has 1 fully saturated rings. The number of hydrogen-bond acceptors (Lipinski definition) is 2. The summed E-state index contributed by atoms with van der Waals surface area (Å²) in [4.78, 5) is 16.1. The van der Waals surface area contributed by atoms with Crippen molar-refractivity contribution in [2.45, 2.75) is 38.5 Å². The Morgan fingerprint density at radius 1 is 1.38 bits per heavy atom. The molecule has 0 aromatic carbocycles. The molecule has 0 spiro atoms. The number of hydrogen-bond donors (Lipinski definition) is 1. The first kappa shape index (κ1) is 11.1. The molecule has 0 unspecified atom stereocenters. The summed E-state index contributed by atoms with van der Waals surface area (Å²) in [7, 11) is 1.64. The van der Waals surface area contributed by atoms with Crippen molar-refractivity contribution in [3.05, 3.63) is 29.1 Å². The summed E-state index contributed by atoms with van der Waals surface area (Å²) in [6, 6.07) is 4.07. The van der Waals surface area contributed by atoms with Crippen LogP contribution in [-0.4, -0.2) is 17.9 Å². The molecule has 2 rings (SSSR count). The second-order valence-corrected chi connectivity index (χ2v) is 4.46. The lowest BCUT2D eigenvalue weighted by molar-refractivity contribution is 0.0957. The largest absolute Gasteiger partial charge is 0.354 e. The van der Waals surface area contributed by atoms with E-state index in [9.17, 15) is 4.79 Å². The zero-order valence-electron chi connectivity index (χ0n) is 9.92. The van der Waals surface area contributed by atoms with Crippen LogP contribution in [0.2, 0.25) is 0 Å². The van der Waals surface area contributed by atoms with Gasteiger partial charge in [-0.05, 0) is 31.4 Å². The van der Waals surface area contributed by atoms with Gasteiger partial charge in [-0.1, -0.05) is 18.9 Å². The Kier molecular flexibility index (Phi) is 3.22. The van der Waals surface area contributed by atoms with Gasteiger partial charge in [-0.15, -0.1) is 0 Å². The summed E-state index contributed by atoms with van der Waals surface area (Å²) in [6.07, 6.45) is 5.00. The average molecular weight is 218 g/mol. The molecule has 16 heavy (non-hydrogen) atoms. The van der Waals surface area contributed by atoms with Crippen molar-refractivity contribution < 1.29 is 4.79 Å². The first-order chi connectivity index (χ1) is 7.72. The zero-order valence-corrected chi connectivity index (χ0v) is 9.92. The Hall–Kier alpha value is -1.38. The van der Waals surface area contributed by atoms with E-state index in [0.29, 0.717) is 11.6 Å². The number of nitrogens with zero attached hydrogens (tertiary/aromatic N) is 1. The molecule has 1 aromatic rings. The quantitative estimate of drug-likeness (QED) is 0.828. The maximum absolute atomic E-state index is 11.6. The van der Waals surface area contributed by atoms with Gasteiger partial charge in [-0.2, -0.15) is 0 Å². The first-order valence-electron chi connectivity index (χ1n) is 5.92. The molecular formula is C13H18N2O. The van der Waals surface area contributed by atoms with Crippen LogP contribution in [0.25, 0.3) is 0 Å². The molecule has 1 aromatic heterocycles. The highest BCUT2D eigenvalue weighted by Crippen LogP contribution is 2.33. The third-order valence-corrected chi connectivity index (χ3v) is 3.33. The van der Waals surface area contributed by atoms with Crippen LogP contribution < -0.4 is 5.32 Å². The Morgan fingerprint density at radius 2 is 2.06 bits per heavy atom. The highest BCUT2D eigenvalue weighted by molar-refractivity contribution is 5.93. The van der Waals surface area contributed by atoms with Gasteiger partial charge in [-0.3, -0.25) is 4.79 Å². The summed E-state index contributed by atoms with van der Waals surface area (Å²) >= 11 is 0. The van der Waals surface area contributed by atoms with Crippen LogP contribution >= 0.6 is 0 Å². The fourth-order valence-electron chi connectivity index (χ4n) is 2.34. The molecule has 0 saturated heterocycles. The van der Waals surface area contributed by atoms with E-state index in [0.717, 1.165) is 11.3 Å². The number of nitrogens with one attached hydrogen (secondary N) is 1. The third-order valence-electron chi connectivity index (χ3n) is 3.33. The van der Waals surface area contributed by atoms with Crippen molar-refractivity contribution in [3.8, 4) is 0 Å². The van der Waals surface area contributed by atoms with Gasteiger partial charge in [0, 0.05) is 18.7 Å². The van der Waals surface area contributed by atoms with Gasteiger partial charge < -0.3 is 5.32 Å². The molecule has 0 radical (unpaired) electrons. The predicted octanol–water partition coefficient (Wildman–Crippen LogP) is 2.41. The van der Waals surface area contributed by atoms with Gasteiger partial charge in [0.2, 0.25) is 0 Å². The van der Waals surface area contributed by atoms with Crippen LogP contribution in [-0.2, 0) is 0 Å².